The van der Waals surface area contributed by atoms with Crippen molar-refractivity contribution < 1.29 is 14.3 Å². The highest BCUT2D eigenvalue weighted by molar-refractivity contribution is 8.00. The van der Waals surface area contributed by atoms with Crippen molar-refractivity contribution in [1.29, 1.82) is 0 Å². The van der Waals surface area contributed by atoms with Crippen LogP contribution in [0.1, 0.15) is 37.5 Å². The Morgan fingerprint density at radius 2 is 1.89 bits per heavy atom. The van der Waals surface area contributed by atoms with E-state index in [0.717, 1.165) is 45.3 Å². The smallest absolute Gasteiger partial charge is 0.231 e. The van der Waals surface area contributed by atoms with Crippen molar-refractivity contribution in [3.8, 4) is 11.5 Å². The number of nitrogens with one attached hydrogen (secondary N) is 1. The van der Waals surface area contributed by atoms with E-state index in [1.165, 1.54) is 0 Å². The molecule has 1 aliphatic carbocycles. The number of allylic oxidation sites excluding steroid dienone is 1. The summed E-state index contributed by atoms with van der Waals surface area (Å²) in [4.78, 5) is 14.4. The van der Waals surface area contributed by atoms with Crippen LogP contribution in [0.3, 0.4) is 0 Å². The zero-order chi connectivity index (χ0) is 18.6. The molecule has 0 amide bonds. The van der Waals surface area contributed by atoms with Crippen molar-refractivity contribution >= 4 is 23.2 Å². The number of carbonyl (C=O) groups is 1. The molecule has 5 rings (SSSR count). The second-order valence-electron chi connectivity index (χ2n) is 8.06. The summed E-state index contributed by atoms with van der Waals surface area (Å²) in [5.41, 5.74) is 4.06. The Hall–Kier alpha value is -2.40. The number of anilines is 1. The van der Waals surface area contributed by atoms with Gasteiger partial charge in [0, 0.05) is 22.6 Å². The number of benzene rings is 2. The summed E-state index contributed by atoms with van der Waals surface area (Å²) in [5, 5.41) is 3.52. The maximum absolute atomic E-state index is 13.2. The van der Waals surface area contributed by atoms with Crippen molar-refractivity contribution in [2.24, 2.45) is 5.41 Å². The molecular formula is C22H21NO3S. The molecule has 0 saturated heterocycles. The number of para-hydroxylation sites is 1. The standard InChI is InChI=1S/C22H21NO3S/c1-22(2)10-15-20(16(24)11-22)21(27-19-6-4-3-5-14(19)23-15)13-7-8-17-18(9-13)26-12-25-17/h3-9,21,23H,10-12H2,1-2H3/t21-/m1/s1. The Balaban J connectivity index is 1.67. The van der Waals surface area contributed by atoms with E-state index in [0.29, 0.717) is 6.42 Å². The Labute approximate surface area is 162 Å². The Morgan fingerprint density at radius 1 is 1.07 bits per heavy atom. The molecule has 2 aromatic rings. The summed E-state index contributed by atoms with van der Waals surface area (Å²) in [6, 6.07) is 14.3. The summed E-state index contributed by atoms with van der Waals surface area (Å²) < 4.78 is 11.0. The van der Waals surface area contributed by atoms with Crippen molar-refractivity contribution in [2.75, 3.05) is 12.1 Å². The van der Waals surface area contributed by atoms with E-state index in [1.807, 2.05) is 24.3 Å². The molecule has 1 N–H and O–H groups in total. The topological polar surface area (TPSA) is 47.6 Å². The molecule has 0 saturated carbocycles. The average molecular weight is 379 g/mol. The fourth-order valence-electron chi connectivity index (χ4n) is 4.08. The quantitative estimate of drug-likeness (QED) is 0.727. The summed E-state index contributed by atoms with van der Waals surface area (Å²) in [6.45, 7) is 4.58. The van der Waals surface area contributed by atoms with E-state index in [-0.39, 0.29) is 23.2 Å². The highest BCUT2D eigenvalue weighted by atomic mass is 32.2. The third kappa shape index (κ3) is 2.90. The summed E-state index contributed by atoms with van der Waals surface area (Å²) >= 11 is 1.73. The van der Waals surface area contributed by atoms with Gasteiger partial charge in [-0.2, -0.15) is 0 Å². The van der Waals surface area contributed by atoms with Gasteiger partial charge in [-0.1, -0.05) is 32.0 Å². The molecule has 27 heavy (non-hydrogen) atoms. The molecule has 0 radical (unpaired) electrons. The van der Waals surface area contributed by atoms with Gasteiger partial charge in [0.15, 0.2) is 17.3 Å². The molecule has 2 aliphatic heterocycles. The maximum Gasteiger partial charge on any atom is 0.231 e. The number of carbonyl (C=O) groups excluding carboxylic acids is 1. The zero-order valence-corrected chi connectivity index (χ0v) is 16.2. The number of ketones is 1. The first-order valence-corrected chi connectivity index (χ1v) is 10.1. The highest BCUT2D eigenvalue weighted by Gasteiger charge is 2.39. The van der Waals surface area contributed by atoms with Crippen molar-refractivity contribution in [3.63, 3.8) is 0 Å². The van der Waals surface area contributed by atoms with Crippen LogP contribution >= 0.6 is 11.8 Å². The number of rotatable bonds is 1. The maximum atomic E-state index is 13.2. The lowest BCUT2D eigenvalue weighted by atomic mass is 9.74. The molecule has 138 valence electrons. The first-order valence-electron chi connectivity index (χ1n) is 9.19. The van der Waals surface area contributed by atoms with E-state index >= 15 is 0 Å². The van der Waals surface area contributed by atoms with Crippen molar-refractivity contribution in [3.05, 3.63) is 59.3 Å². The van der Waals surface area contributed by atoms with E-state index < -0.39 is 0 Å². The summed E-state index contributed by atoms with van der Waals surface area (Å²) in [6.07, 6.45) is 1.44. The molecule has 2 aromatic carbocycles. The number of thioether (sulfide) groups is 1. The van der Waals surface area contributed by atoms with Gasteiger partial charge in [-0.05, 0) is 41.7 Å². The van der Waals surface area contributed by atoms with Gasteiger partial charge in [0.25, 0.3) is 0 Å². The molecular weight excluding hydrogens is 358 g/mol. The minimum Gasteiger partial charge on any atom is -0.454 e. The lowest BCUT2D eigenvalue weighted by molar-refractivity contribution is -0.118. The number of Topliss-reactive ketones (excluding diaryl/α,β-unsaturated/α-hetero) is 1. The SMILES string of the molecule is CC1(C)CC(=O)C2=C(C1)Nc1ccccc1S[C@@H]2c1ccc2c(c1)OCO2. The van der Waals surface area contributed by atoms with Crippen LogP contribution in [-0.4, -0.2) is 12.6 Å². The minimum atomic E-state index is -0.0609. The molecule has 1 atom stereocenters. The van der Waals surface area contributed by atoms with Crippen LogP contribution in [0.15, 0.2) is 58.6 Å². The third-order valence-corrected chi connectivity index (χ3v) is 6.65. The van der Waals surface area contributed by atoms with Crippen LogP contribution in [0.2, 0.25) is 0 Å². The third-order valence-electron chi connectivity index (χ3n) is 5.30. The minimum absolute atomic E-state index is 0.0354. The molecule has 5 heteroatoms. The van der Waals surface area contributed by atoms with Gasteiger partial charge >= 0.3 is 0 Å². The van der Waals surface area contributed by atoms with Gasteiger partial charge in [0.1, 0.15) is 0 Å². The molecule has 0 fully saturated rings. The van der Waals surface area contributed by atoms with Gasteiger partial charge < -0.3 is 14.8 Å². The van der Waals surface area contributed by atoms with Crippen LogP contribution in [-0.2, 0) is 4.79 Å². The van der Waals surface area contributed by atoms with Crippen LogP contribution in [0, 0.1) is 5.41 Å². The molecule has 3 aliphatic rings. The normalized spacial score (nSPS) is 22.6. The van der Waals surface area contributed by atoms with Crippen LogP contribution in [0.5, 0.6) is 11.5 Å². The van der Waals surface area contributed by atoms with Gasteiger partial charge in [0.2, 0.25) is 6.79 Å². The van der Waals surface area contributed by atoms with Gasteiger partial charge in [-0.25, -0.2) is 0 Å². The second-order valence-corrected chi connectivity index (χ2v) is 9.21. The van der Waals surface area contributed by atoms with Crippen LogP contribution in [0.4, 0.5) is 5.69 Å². The highest BCUT2D eigenvalue weighted by Crippen LogP contribution is 2.52. The van der Waals surface area contributed by atoms with Gasteiger partial charge in [0.05, 0.1) is 10.9 Å². The van der Waals surface area contributed by atoms with Gasteiger partial charge in [-0.3, -0.25) is 4.79 Å². The van der Waals surface area contributed by atoms with Crippen molar-refractivity contribution in [2.45, 2.75) is 36.8 Å². The molecule has 0 spiro atoms. The number of hydrogen-bond donors (Lipinski definition) is 1. The number of fused-ring (bicyclic) bond motifs is 2. The van der Waals surface area contributed by atoms with E-state index in [2.05, 4.69) is 37.4 Å². The number of hydrogen-bond acceptors (Lipinski definition) is 5. The summed E-state index contributed by atoms with van der Waals surface area (Å²) in [5.74, 6) is 1.75. The molecule has 4 nitrogen and oxygen atoms in total. The lowest BCUT2D eigenvalue weighted by Gasteiger charge is -2.33. The number of ether oxygens (including phenoxy) is 2. The molecule has 0 bridgehead atoms. The fraction of sp³-hybridized carbons (Fsp3) is 0.318. The molecule has 2 heterocycles. The van der Waals surface area contributed by atoms with E-state index in [1.54, 1.807) is 11.8 Å². The first-order chi connectivity index (χ1) is 13.0. The molecule has 0 unspecified atom stereocenters. The zero-order valence-electron chi connectivity index (χ0n) is 15.4. The van der Waals surface area contributed by atoms with Crippen molar-refractivity contribution in [1.82, 2.24) is 0 Å². The van der Waals surface area contributed by atoms with E-state index in [9.17, 15) is 4.79 Å². The monoisotopic (exact) mass is 379 g/mol. The predicted octanol–water partition coefficient (Wildman–Crippen LogP) is 5.32. The Kier molecular flexibility index (Phi) is 3.76. The Bertz CT molecular complexity index is 979. The van der Waals surface area contributed by atoms with Gasteiger partial charge in [-0.15, -0.1) is 11.8 Å². The van der Waals surface area contributed by atoms with Crippen LogP contribution < -0.4 is 14.8 Å². The summed E-state index contributed by atoms with van der Waals surface area (Å²) in [7, 11) is 0. The largest absolute Gasteiger partial charge is 0.454 e. The lowest BCUT2D eigenvalue weighted by Crippen LogP contribution is -2.29. The van der Waals surface area contributed by atoms with Crippen LogP contribution in [0.25, 0.3) is 0 Å². The first kappa shape index (κ1) is 16.8. The predicted molar refractivity (Wildman–Crippen MR) is 106 cm³/mol. The fourth-order valence-corrected chi connectivity index (χ4v) is 5.41. The Morgan fingerprint density at radius 3 is 2.78 bits per heavy atom. The van der Waals surface area contributed by atoms with E-state index in [4.69, 9.17) is 9.47 Å². The second kappa shape index (κ2) is 6.06. The average Bonchev–Trinajstić information content (AvgIpc) is 3.01. The molecule has 0 aromatic heterocycles.